The lowest BCUT2D eigenvalue weighted by atomic mass is 10.1. The fourth-order valence-corrected chi connectivity index (χ4v) is 2.01. The third-order valence-electron chi connectivity index (χ3n) is 2.81. The third-order valence-corrected chi connectivity index (χ3v) is 2.81. The van der Waals surface area contributed by atoms with Gasteiger partial charge in [0, 0.05) is 0 Å². The molecule has 0 spiro atoms. The summed E-state index contributed by atoms with van der Waals surface area (Å²) in [4.78, 5) is 12.1. The molecule has 0 saturated heterocycles. The van der Waals surface area contributed by atoms with Crippen LogP contribution in [0.1, 0.15) is 25.1 Å². The first-order valence-electron chi connectivity index (χ1n) is 5.24. The summed E-state index contributed by atoms with van der Waals surface area (Å²) < 4.78 is 0. The Kier molecular flexibility index (Phi) is 1.88. The Morgan fingerprint density at radius 3 is 3.33 bits per heavy atom. The number of anilines is 1. The highest BCUT2D eigenvalue weighted by molar-refractivity contribution is 5.90. The van der Waals surface area contributed by atoms with Gasteiger partial charge < -0.3 is 15.7 Å². The van der Waals surface area contributed by atoms with E-state index in [4.69, 9.17) is 0 Å². The second-order valence-corrected chi connectivity index (χ2v) is 3.84. The van der Waals surface area contributed by atoms with Crippen LogP contribution in [-0.4, -0.2) is 28.5 Å². The number of nitrogens with zero attached hydrogens (tertiary/aromatic N) is 2. The van der Waals surface area contributed by atoms with E-state index in [-0.39, 0.29) is 12.1 Å². The minimum Gasteiger partial charge on any atom is -0.355 e. The van der Waals surface area contributed by atoms with Crippen molar-refractivity contribution >= 4 is 11.7 Å². The van der Waals surface area contributed by atoms with Crippen LogP contribution in [0.5, 0.6) is 0 Å². The van der Waals surface area contributed by atoms with E-state index in [0.29, 0.717) is 0 Å². The average molecular weight is 206 g/mol. The first-order chi connectivity index (χ1) is 7.36. The Morgan fingerprint density at radius 1 is 1.53 bits per heavy atom. The molecule has 3 rings (SSSR count). The molecule has 80 valence electrons. The Hall–Kier alpha value is -1.56. The molecule has 0 saturated carbocycles. The van der Waals surface area contributed by atoms with Crippen LogP contribution in [0.15, 0.2) is 11.2 Å². The molecule has 2 aliphatic rings. The molecule has 6 nitrogen and oxygen atoms in total. The summed E-state index contributed by atoms with van der Waals surface area (Å²) in [6.45, 7) is 2.91. The van der Waals surface area contributed by atoms with Gasteiger partial charge in [-0.1, -0.05) is 6.92 Å². The maximum absolute atomic E-state index is 4.49. The highest BCUT2D eigenvalue weighted by Gasteiger charge is 2.27. The highest BCUT2D eigenvalue weighted by Crippen LogP contribution is 2.21. The van der Waals surface area contributed by atoms with E-state index < -0.39 is 0 Å². The smallest absolute Gasteiger partial charge is 0.137 e. The number of aromatic amines is 1. The van der Waals surface area contributed by atoms with Crippen LogP contribution >= 0.6 is 0 Å². The van der Waals surface area contributed by atoms with Gasteiger partial charge in [0.05, 0.1) is 18.7 Å². The number of rotatable bonds is 1. The average Bonchev–Trinajstić information content (AvgIpc) is 2.87. The van der Waals surface area contributed by atoms with Crippen molar-refractivity contribution < 1.29 is 0 Å². The Bertz CT molecular complexity index is 395. The predicted molar refractivity (Wildman–Crippen MR) is 57.6 cm³/mol. The van der Waals surface area contributed by atoms with Crippen molar-refractivity contribution in [2.75, 3.05) is 12.0 Å². The topological polar surface area (TPSA) is 77.1 Å². The summed E-state index contributed by atoms with van der Waals surface area (Å²) in [6.07, 6.45) is 2.97. The van der Waals surface area contributed by atoms with E-state index in [2.05, 4.69) is 38.1 Å². The molecule has 2 unspecified atom stereocenters. The summed E-state index contributed by atoms with van der Waals surface area (Å²) in [5.41, 5.74) is 6.22. The standard InChI is InChI=1S/C9H14N6/c1-2-5-8-10-3-6(12-8)14-15-7-4-11-9(5)13-7/h3,5,7,14-15H,2,4H2,1H3,(H,10,12)(H,11,13). The lowest BCUT2D eigenvalue weighted by molar-refractivity contribution is 0.563. The molecule has 0 amide bonds. The summed E-state index contributed by atoms with van der Waals surface area (Å²) in [5, 5.41) is 3.35. The summed E-state index contributed by atoms with van der Waals surface area (Å²) in [6, 6.07) is 0. The number of imidazole rings is 1. The van der Waals surface area contributed by atoms with Crippen molar-refractivity contribution in [1.29, 1.82) is 0 Å². The van der Waals surface area contributed by atoms with Crippen LogP contribution in [0.4, 0.5) is 5.82 Å². The quantitative estimate of drug-likeness (QED) is 0.528. The maximum atomic E-state index is 4.49. The van der Waals surface area contributed by atoms with Crippen molar-refractivity contribution in [3.8, 4) is 0 Å². The zero-order chi connectivity index (χ0) is 10.3. The lowest BCUT2D eigenvalue weighted by Crippen LogP contribution is -2.46. The van der Waals surface area contributed by atoms with E-state index >= 15 is 0 Å². The summed E-state index contributed by atoms with van der Waals surface area (Å²) in [7, 11) is 0. The number of nitrogens with one attached hydrogen (secondary N) is 4. The number of hydrogen-bond donors (Lipinski definition) is 4. The lowest BCUT2D eigenvalue weighted by Gasteiger charge is -2.16. The normalized spacial score (nSPS) is 28.2. The highest BCUT2D eigenvalue weighted by atomic mass is 15.5. The van der Waals surface area contributed by atoms with Gasteiger partial charge in [-0.3, -0.25) is 4.99 Å². The molecule has 4 bridgehead atoms. The molecule has 0 aliphatic carbocycles. The van der Waals surface area contributed by atoms with E-state index in [1.807, 2.05) is 0 Å². The molecule has 0 aromatic carbocycles. The van der Waals surface area contributed by atoms with Gasteiger partial charge in [0.15, 0.2) is 0 Å². The molecular formula is C9H14N6. The number of hydrogen-bond acceptors (Lipinski definition) is 5. The molecule has 0 radical (unpaired) electrons. The fourth-order valence-electron chi connectivity index (χ4n) is 2.01. The van der Waals surface area contributed by atoms with Crippen LogP contribution in [-0.2, 0) is 0 Å². The van der Waals surface area contributed by atoms with Crippen LogP contribution in [0, 0.1) is 0 Å². The molecule has 2 aliphatic heterocycles. The molecule has 15 heavy (non-hydrogen) atoms. The van der Waals surface area contributed by atoms with Crippen LogP contribution < -0.4 is 16.2 Å². The van der Waals surface area contributed by atoms with Crippen molar-refractivity contribution in [3.63, 3.8) is 0 Å². The Morgan fingerprint density at radius 2 is 2.47 bits per heavy atom. The molecule has 2 atom stereocenters. The minimum absolute atomic E-state index is 0.178. The number of hydrazine groups is 1. The molecule has 1 aromatic heterocycles. The Balaban J connectivity index is 2.01. The van der Waals surface area contributed by atoms with Gasteiger partial charge in [0.25, 0.3) is 0 Å². The molecule has 1 aromatic rings. The molecule has 4 N–H and O–H groups in total. The van der Waals surface area contributed by atoms with Crippen LogP contribution in [0.2, 0.25) is 0 Å². The SMILES string of the molecule is CCC1C2=NCC(NNc3cnc1[nH]3)N2. The van der Waals surface area contributed by atoms with Gasteiger partial charge in [-0.15, -0.1) is 0 Å². The van der Waals surface area contributed by atoms with Gasteiger partial charge in [-0.25, -0.2) is 10.4 Å². The first-order valence-corrected chi connectivity index (χ1v) is 5.24. The molecule has 3 heterocycles. The van der Waals surface area contributed by atoms with Crippen molar-refractivity contribution in [3.05, 3.63) is 12.0 Å². The van der Waals surface area contributed by atoms with Crippen LogP contribution in [0.3, 0.4) is 0 Å². The Labute approximate surface area is 87.6 Å². The number of amidine groups is 1. The monoisotopic (exact) mass is 206 g/mol. The van der Waals surface area contributed by atoms with E-state index in [1.165, 1.54) is 0 Å². The summed E-state index contributed by atoms with van der Waals surface area (Å²) >= 11 is 0. The van der Waals surface area contributed by atoms with Crippen molar-refractivity contribution in [2.24, 2.45) is 4.99 Å². The van der Waals surface area contributed by atoms with Gasteiger partial charge in [-0.05, 0) is 6.42 Å². The van der Waals surface area contributed by atoms with E-state index in [9.17, 15) is 0 Å². The van der Waals surface area contributed by atoms with Crippen molar-refractivity contribution in [2.45, 2.75) is 25.4 Å². The zero-order valence-electron chi connectivity index (χ0n) is 8.54. The molecule has 6 heteroatoms. The second-order valence-electron chi connectivity index (χ2n) is 3.84. The van der Waals surface area contributed by atoms with Gasteiger partial charge in [-0.2, -0.15) is 0 Å². The fraction of sp³-hybridized carbons (Fsp3) is 0.556. The number of H-pyrrole nitrogens is 1. The maximum Gasteiger partial charge on any atom is 0.137 e. The van der Waals surface area contributed by atoms with Crippen molar-refractivity contribution in [1.82, 2.24) is 20.7 Å². The zero-order valence-corrected chi connectivity index (χ0v) is 8.54. The number of aromatic nitrogens is 2. The predicted octanol–water partition coefficient (Wildman–Crippen LogP) is 0.161. The number of fused-ring (bicyclic) bond motifs is 4. The summed E-state index contributed by atoms with van der Waals surface area (Å²) in [5.74, 6) is 3.15. The van der Waals surface area contributed by atoms with Crippen LogP contribution in [0.25, 0.3) is 0 Å². The van der Waals surface area contributed by atoms with Gasteiger partial charge >= 0.3 is 0 Å². The van der Waals surface area contributed by atoms with Gasteiger partial charge in [0.2, 0.25) is 0 Å². The first kappa shape index (κ1) is 8.72. The largest absolute Gasteiger partial charge is 0.355 e. The molecule has 0 fully saturated rings. The van der Waals surface area contributed by atoms with E-state index in [1.54, 1.807) is 6.20 Å². The second kappa shape index (κ2) is 3.23. The molecular weight excluding hydrogens is 192 g/mol. The number of aliphatic imine (C=N–C) groups is 1. The van der Waals surface area contributed by atoms with Gasteiger partial charge in [0.1, 0.15) is 23.6 Å². The minimum atomic E-state index is 0.178. The third kappa shape index (κ3) is 1.37. The van der Waals surface area contributed by atoms with E-state index in [0.717, 1.165) is 30.4 Å².